The maximum atomic E-state index is 10.8. The largest absolute Gasteiger partial charge is 0.467 e. The van der Waals surface area contributed by atoms with E-state index >= 15 is 0 Å². The lowest BCUT2D eigenvalue weighted by atomic mass is 10.3. The molecular weight excluding hydrogens is 132 g/mol. The number of rotatable bonds is 1. The Kier molecular flexibility index (Phi) is 2.65. The zero-order chi connectivity index (χ0) is 7.40. The predicted octanol–water partition coefficient (Wildman–Crippen LogP) is -0.932. The molecular formula is C6H12N2O2. The molecule has 1 heterocycles. The molecule has 1 aliphatic rings. The maximum Gasteiger partial charge on any atom is 0.337 e. The molecule has 0 unspecified atom stereocenters. The van der Waals surface area contributed by atoms with Crippen molar-refractivity contribution >= 4 is 5.97 Å². The van der Waals surface area contributed by atoms with Gasteiger partial charge >= 0.3 is 5.97 Å². The highest BCUT2D eigenvalue weighted by atomic mass is 16.5. The molecule has 0 aromatic heterocycles. The molecule has 4 heteroatoms. The van der Waals surface area contributed by atoms with Gasteiger partial charge in [0.05, 0.1) is 7.11 Å². The van der Waals surface area contributed by atoms with E-state index in [1.54, 1.807) is 0 Å². The summed E-state index contributed by atoms with van der Waals surface area (Å²) in [6.07, 6.45) is 0.770. The molecule has 0 saturated carbocycles. The van der Waals surface area contributed by atoms with E-state index in [9.17, 15) is 4.79 Å². The van der Waals surface area contributed by atoms with Crippen molar-refractivity contribution in [1.29, 1.82) is 0 Å². The molecule has 0 bridgehead atoms. The molecule has 1 aliphatic heterocycles. The quantitative estimate of drug-likeness (QED) is 0.467. The normalized spacial score (nSPS) is 20.5. The van der Waals surface area contributed by atoms with E-state index in [2.05, 4.69) is 15.4 Å². The van der Waals surface area contributed by atoms with E-state index in [4.69, 9.17) is 0 Å². The second kappa shape index (κ2) is 3.53. The van der Waals surface area contributed by atoms with Crippen molar-refractivity contribution in [2.75, 3.05) is 20.2 Å². The molecule has 0 aromatic carbocycles. The van der Waals surface area contributed by atoms with Crippen molar-refractivity contribution in [2.24, 2.45) is 0 Å². The molecule has 1 saturated heterocycles. The topological polar surface area (TPSA) is 50.4 Å². The highest BCUT2D eigenvalue weighted by Gasteiger charge is 2.19. The fourth-order valence-electron chi connectivity index (χ4n) is 0.938. The number of ether oxygens (including phenoxy) is 1. The smallest absolute Gasteiger partial charge is 0.337 e. The van der Waals surface area contributed by atoms with Gasteiger partial charge in [0.25, 0.3) is 0 Å². The lowest BCUT2D eigenvalue weighted by molar-refractivity contribution is -0.144. The van der Waals surface area contributed by atoms with Gasteiger partial charge in [0.2, 0.25) is 0 Å². The molecule has 2 N–H and O–H groups in total. The summed E-state index contributed by atoms with van der Waals surface area (Å²) in [7, 11) is 1.39. The van der Waals surface area contributed by atoms with E-state index in [1.165, 1.54) is 7.11 Å². The average Bonchev–Trinajstić information content (AvgIpc) is 2.05. The van der Waals surface area contributed by atoms with Crippen molar-refractivity contribution < 1.29 is 9.53 Å². The first-order valence-corrected chi connectivity index (χ1v) is 3.39. The van der Waals surface area contributed by atoms with Gasteiger partial charge in [-0.15, -0.1) is 0 Å². The summed E-state index contributed by atoms with van der Waals surface area (Å²) < 4.78 is 4.53. The van der Waals surface area contributed by atoms with Crippen molar-refractivity contribution in [3.8, 4) is 0 Å². The Hall–Kier alpha value is -0.610. The highest BCUT2D eigenvalue weighted by Crippen LogP contribution is 1.90. The Morgan fingerprint density at radius 1 is 1.50 bits per heavy atom. The molecule has 4 nitrogen and oxygen atoms in total. The van der Waals surface area contributed by atoms with Crippen LogP contribution in [-0.4, -0.2) is 32.3 Å². The first-order chi connectivity index (χ1) is 4.84. The van der Waals surface area contributed by atoms with E-state index in [1.807, 2.05) is 0 Å². The standard InChI is InChI=1S/C6H12N2O2/c1-10-6(9)5-7-3-2-4-8-5/h5,7-8H,2-4H2,1H3. The van der Waals surface area contributed by atoms with Crippen LogP contribution in [0.2, 0.25) is 0 Å². The van der Waals surface area contributed by atoms with E-state index in [0.29, 0.717) is 0 Å². The third-order valence-electron chi connectivity index (χ3n) is 1.49. The van der Waals surface area contributed by atoms with Crippen molar-refractivity contribution in [2.45, 2.75) is 12.6 Å². The summed E-state index contributed by atoms with van der Waals surface area (Å²) >= 11 is 0. The molecule has 0 amide bonds. The van der Waals surface area contributed by atoms with Crippen molar-refractivity contribution in [3.05, 3.63) is 0 Å². The molecule has 1 rings (SSSR count). The number of nitrogens with one attached hydrogen (secondary N) is 2. The number of esters is 1. The van der Waals surface area contributed by atoms with Gasteiger partial charge < -0.3 is 4.74 Å². The Morgan fingerprint density at radius 3 is 2.60 bits per heavy atom. The third-order valence-corrected chi connectivity index (χ3v) is 1.49. The van der Waals surface area contributed by atoms with Gasteiger partial charge in [-0.25, -0.2) is 4.79 Å². The fraction of sp³-hybridized carbons (Fsp3) is 0.833. The number of methoxy groups -OCH3 is 1. The van der Waals surface area contributed by atoms with Gasteiger partial charge in [-0.1, -0.05) is 0 Å². The predicted molar refractivity (Wildman–Crippen MR) is 36.4 cm³/mol. The molecule has 10 heavy (non-hydrogen) atoms. The fourth-order valence-corrected chi connectivity index (χ4v) is 0.938. The summed E-state index contributed by atoms with van der Waals surface area (Å²) in [6.45, 7) is 1.76. The van der Waals surface area contributed by atoms with Crippen LogP contribution in [-0.2, 0) is 9.53 Å². The van der Waals surface area contributed by atoms with E-state index in [-0.39, 0.29) is 12.1 Å². The summed E-state index contributed by atoms with van der Waals surface area (Å²) in [5.41, 5.74) is 0. The minimum Gasteiger partial charge on any atom is -0.467 e. The Bertz CT molecular complexity index is 121. The van der Waals surface area contributed by atoms with Gasteiger partial charge in [-0.2, -0.15) is 0 Å². The van der Waals surface area contributed by atoms with Crippen LogP contribution >= 0.6 is 0 Å². The van der Waals surface area contributed by atoms with Crippen LogP contribution in [0.25, 0.3) is 0 Å². The average molecular weight is 144 g/mol. The molecule has 58 valence electrons. The van der Waals surface area contributed by atoms with Crippen LogP contribution in [0.4, 0.5) is 0 Å². The zero-order valence-electron chi connectivity index (χ0n) is 6.02. The Balaban J connectivity index is 2.31. The molecule has 0 atom stereocenters. The number of carbonyl (C=O) groups excluding carboxylic acids is 1. The number of hydrogen-bond donors (Lipinski definition) is 2. The van der Waals surface area contributed by atoms with Crippen LogP contribution in [0.5, 0.6) is 0 Å². The number of carbonyl (C=O) groups is 1. The summed E-state index contributed by atoms with van der Waals surface area (Å²) in [6, 6.07) is 0. The molecule has 0 spiro atoms. The lowest BCUT2D eigenvalue weighted by Gasteiger charge is -2.22. The summed E-state index contributed by atoms with van der Waals surface area (Å²) in [5, 5.41) is 5.97. The minimum atomic E-state index is -0.293. The van der Waals surface area contributed by atoms with Crippen LogP contribution in [0, 0.1) is 0 Å². The van der Waals surface area contributed by atoms with E-state index < -0.39 is 0 Å². The van der Waals surface area contributed by atoms with Gasteiger partial charge in [-0.3, -0.25) is 10.6 Å². The van der Waals surface area contributed by atoms with Gasteiger partial charge in [0, 0.05) is 0 Å². The third kappa shape index (κ3) is 1.68. The number of hydrogen-bond acceptors (Lipinski definition) is 4. The second-order valence-electron chi connectivity index (χ2n) is 2.22. The van der Waals surface area contributed by atoms with Crippen LogP contribution in [0.15, 0.2) is 0 Å². The monoisotopic (exact) mass is 144 g/mol. The minimum absolute atomic E-state index is 0.236. The lowest BCUT2D eigenvalue weighted by Crippen LogP contribution is -2.53. The van der Waals surface area contributed by atoms with Gasteiger partial charge in [-0.05, 0) is 19.5 Å². The molecule has 1 fully saturated rings. The van der Waals surface area contributed by atoms with Crippen LogP contribution in [0.1, 0.15) is 6.42 Å². The highest BCUT2D eigenvalue weighted by molar-refractivity contribution is 5.75. The Morgan fingerprint density at radius 2 is 2.10 bits per heavy atom. The Labute approximate surface area is 59.9 Å². The SMILES string of the molecule is COC(=O)C1NCCCN1. The van der Waals surface area contributed by atoms with E-state index in [0.717, 1.165) is 19.5 Å². The first kappa shape index (κ1) is 7.50. The maximum absolute atomic E-state index is 10.8. The molecule has 0 aliphatic carbocycles. The van der Waals surface area contributed by atoms with Crippen molar-refractivity contribution in [3.63, 3.8) is 0 Å². The van der Waals surface area contributed by atoms with Gasteiger partial charge in [0.15, 0.2) is 6.17 Å². The summed E-state index contributed by atoms with van der Waals surface area (Å²) in [5.74, 6) is -0.236. The molecule has 0 radical (unpaired) electrons. The van der Waals surface area contributed by atoms with Crippen LogP contribution < -0.4 is 10.6 Å². The second-order valence-corrected chi connectivity index (χ2v) is 2.22. The van der Waals surface area contributed by atoms with Crippen LogP contribution in [0.3, 0.4) is 0 Å². The summed E-state index contributed by atoms with van der Waals surface area (Å²) in [4.78, 5) is 10.8. The zero-order valence-corrected chi connectivity index (χ0v) is 6.02. The van der Waals surface area contributed by atoms with Crippen molar-refractivity contribution in [1.82, 2.24) is 10.6 Å². The first-order valence-electron chi connectivity index (χ1n) is 3.39. The molecule has 0 aromatic rings. The van der Waals surface area contributed by atoms with Gasteiger partial charge in [0.1, 0.15) is 0 Å².